The van der Waals surface area contributed by atoms with Crippen LogP contribution in [-0.4, -0.2) is 16.9 Å². The third-order valence-corrected chi connectivity index (χ3v) is 2.75. The van der Waals surface area contributed by atoms with Crippen LogP contribution in [-0.2, 0) is 0 Å². The quantitative estimate of drug-likeness (QED) is 0.769. The van der Waals surface area contributed by atoms with E-state index in [-0.39, 0.29) is 16.9 Å². The molecule has 0 aliphatic carbocycles. The van der Waals surface area contributed by atoms with Crippen molar-refractivity contribution in [3.8, 4) is 16.9 Å². The van der Waals surface area contributed by atoms with E-state index in [1.807, 2.05) is 0 Å². The zero-order valence-corrected chi connectivity index (χ0v) is 9.96. The Morgan fingerprint density at radius 3 is 2.05 bits per heavy atom. The maximum atomic E-state index is 11.4. The van der Waals surface area contributed by atoms with E-state index in [0.29, 0.717) is 11.1 Å². The third kappa shape index (κ3) is 2.55. The zero-order chi connectivity index (χ0) is 14.0. The highest BCUT2D eigenvalue weighted by Crippen LogP contribution is 2.26. The molecule has 2 aromatic carbocycles. The van der Waals surface area contributed by atoms with Crippen LogP contribution in [0.2, 0.25) is 0 Å². The van der Waals surface area contributed by atoms with Gasteiger partial charge in [0.25, 0.3) is 0 Å². The normalized spacial score (nSPS) is 10.1. The smallest absolute Gasteiger partial charge is 0.249 e. The summed E-state index contributed by atoms with van der Waals surface area (Å²) in [6.45, 7) is 0. The van der Waals surface area contributed by atoms with Crippen molar-refractivity contribution in [2.24, 2.45) is 11.5 Å². The number of aromatic hydroxyl groups is 1. The highest BCUT2D eigenvalue weighted by molar-refractivity contribution is 6.02. The summed E-state index contributed by atoms with van der Waals surface area (Å²) in [4.78, 5) is 22.6. The van der Waals surface area contributed by atoms with Crippen molar-refractivity contribution in [3.05, 3.63) is 53.6 Å². The number of amides is 2. The molecule has 96 valence electrons. The Balaban J connectivity index is 2.64. The molecular formula is C14H12N2O3. The van der Waals surface area contributed by atoms with Gasteiger partial charge in [0.1, 0.15) is 5.75 Å². The number of nitrogens with two attached hydrogens (primary N) is 2. The van der Waals surface area contributed by atoms with E-state index in [0.717, 1.165) is 0 Å². The van der Waals surface area contributed by atoms with Gasteiger partial charge in [-0.15, -0.1) is 0 Å². The second kappa shape index (κ2) is 4.81. The van der Waals surface area contributed by atoms with Gasteiger partial charge in [-0.1, -0.05) is 12.1 Å². The predicted octanol–water partition coefficient (Wildman–Crippen LogP) is 1.26. The number of carbonyl (C=O) groups is 2. The average molecular weight is 256 g/mol. The van der Waals surface area contributed by atoms with Crippen molar-refractivity contribution in [1.29, 1.82) is 0 Å². The Morgan fingerprint density at radius 1 is 0.895 bits per heavy atom. The first kappa shape index (κ1) is 12.6. The molecule has 0 saturated heterocycles. The number of phenolic OH excluding ortho intramolecular Hbond substituents is 1. The van der Waals surface area contributed by atoms with Crippen LogP contribution in [0.3, 0.4) is 0 Å². The summed E-state index contributed by atoms with van der Waals surface area (Å²) in [6.07, 6.45) is 0. The lowest BCUT2D eigenvalue weighted by Crippen LogP contribution is -2.15. The predicted molar refractivity (Wildman–Crippen MR) is 70.6 cm³/mol. The molecule has 0 radical (unpaired) electrons. The number of benzene rings is 2. The number of hydrogen-bond donors (Lipinski definition) is 3. The summed E-state index contributed by atoms with van der Waals surface area (Å²) in [5.74, 6) is -1.08. The average Bonchev–Trinajstić information content (AvgIpc) is 2.38. The molecule has 5 N–H and O–H groups in total. The van der Waals surface area contributed by atoms with Gasteiger partial charge in [-0.2, -0.15) is 0 Å². The van der Waals surface area contributed by atoms with E-state index in [4.69, 9.17) is 11.5 Å². The Bertz CT molecular complexity index is 648. The van der Waals surface area contributed by atoms with E-state index >= 15 is 0 Å². The van der Waals surface area contributed by atoms with Crippen LogP contribution >= 0.6 is 0 Å². The van der Waals surface area contributed by atoms with Gasteiger partial charge < -0.3 is 16.6 Å². The van der Waals surface area contributed by atoms with E-state index in [1.54, 1.807) is 12.1 Å². The van der Waals surface area contributed by atoms with Gasteiger partial charge in [0.15, 0.2) is 0 Å². The summed E-state index contributed by atoms with van der Waals surface area (Å²) in [6, 6.07) is 10.6. The van der Waals surface area contributed by atoms with Crippen LogP contribution in [0.5, 0.6) is 5.75 Å². The van der Waals surface area contributed by atoms with Crippen LogP contribution in [0.25, 0.3) is 11.1 Å². The van der Waals surface area contributed by atoms with E-state index in [1.165, 1.54) is 30.3 Å². The van der Waals surface area contributed by atoms with E-state index < -0.39 is 11.8 Å². The minimum Gasteiger partial charge on any atom is -0.508 e. The maximum Gasteiger partial charge on any atom is 0.249 e. The lowest BCUT2D eigenvalue weighted by molar-refractivity contribution is 0.0989. The van der Waals surface area contributed by atoms with Gasteiger partial charge in [-0.05, 0) is 41.5 Å². The molecule has 0 aliphatic rings. The molecule has 0 saturated carbocycles. The van der Waals surface area contributed by atoms with Crippen molar-refractivity contribution in [2.45, 2.75) is 0 Å². The van der Waals surface area contributed by atoms with E-state index in [2.05, 4.69) is 0 Å². The maximum absolute atomic E-state index is 11.4. The van der Waals surface area contributed by atoms with Gasteiger partial charge in [-0.3, -0.25) is 9.59 Å². The molecule has 0 atom stereocenters. The summed E-state index contributed by atoms with van der Waals surface area (Å²) >= 11 is 0. The first-order valence-corrected chi connectivity index (χ1v) is 5.52. The van der Waals surface area contributed by atoms with Crippen LogP contribution in [0, 0.1) is 0 Å². The molecule has 0 spiro atoms. The van der Waals surface area contributed by atoms with Crippen LogP contribution in [0.4, 0.5) is 0 Å². The minimum atomic E-state index is -0.598. The molecule has 2 rings (SSSR count). The molecule has 5 heteroatoms. The minimum absolute atomic E-state index is 0.107. The highest BCUT2D eigenvalue weighted by Gasteiger charge is 2.12. The molecule has 0 unspecified atom stereocenters. The second-order valence-electron chi connectivity index (χ2n) is 4.04. The Hall–Kier alpha value is -2.82. The number of rotatable bonds is 3. The molecule has 2 amide bonds. The Kier molecular flexibility index (Phi) is 3.20. The number of carbonyl (C=O) groups excluding carboxylic acids is 2. The first-order valence-electron chi connectivity index (χ1n) is 5.52. The van der Waals surface area contributed by atoms with E-state index in [9.17, 15) is 14.7 Å². The standard InChI is InChI=1S/C14H12N2O3/c15-13(18)9-3-6-11(14(16)19)12(7-9)8-1-4-10(17)5-2-8/h1-7,17H,(H2,15,18)(H2,16,19). The molecule has 0 aliphatic heterocycles. The molecule has 0 heterocycles. The van der Waals surface area contributed by atoms with Crippen LogP contribution < -0.4 is 11.5 Å². The van der Waals surface area contributed by atoms with Gasteiger partial charge >= 0.3 is 0 Å². The van der Waals surface area contributed by atoms with Crippen LogP contribution in [0.1, 0.15) is 20.7 Å². The monoisotopic (exact) mass is 256 g/mol. The summed E-state index contributed by atoms with van der Waals surface area (Å²) < 4.78 is 0. The summed E-state index contributed by atoms with van der Waals surface area (Å²) in [5.41, 5.74) is 12.3. The fourth-order valence-electron chi connectivity index (χ4n) is 1.79. The molecule has 0 bridgehead atoms. The number of phenols is 1. The van der Waals surface area contributed by atoms with Crippen molar-refractivity contribution >= 4 is 11.8 Å². The largest absolute Gasteiger partial charge is 0.508 e. The highest BCUT2D eigenvalue weighted by atomic mass is 16.3. The van der Waals surface area contributed by atoms with Crippen molar-refractivity contribution in [3.63, 3.8) is 0 Å². The summed E-state index contributed by atoms with van der Waals surface area (Å²) in [5, 5.41) is 9.26. The van der Waals surface area contributed by atoms with Gasteiger partial charge in [0, 0.05) is 11.1 Å². The number of primary amides is 2. The summed E-state index contributed by atoms with van der Waals surface area (Å²) in [7, 11) is 0. The van der Waals surface area contributed by atoms with Gasteiger partial charge in [0.2, 0.25) is 11.8 Å². The molecular weight excluding hydrogens is 244 g/mol. The van der Waals surface area contributed by atoms with Crippen molar-refractivity contribution in [1.82, 2.24) is 0 Å². The topological polar surface area (TPSA) is 106 Å². The van der Waals surface area contributed by atoms with Gasteiger partial charge in [-0.25, -0.2) is 0 Å². The lowest BCUT2D eigenvalue weighted by Gasteiger charge is -2.09. The zero-order valence-electron chi connectivity index (χ0n) is 9.96. The molecule has 0 fully saturated rings. The molecule has 0 aromatic heterocycles. The molecule has 19 heavy (non-hydrogen) atoms. The lowest BCUT2D eigenvalue weighted by atomic mass is 9.96. The third-order valence-electron chi connectivity index (χ3n) is 2.75. The SMILES string of the molecule is NC(=O)c1ccc(C(N)=O)c(-c2ccc(O)cc2)c1. The second-order valence-corrected chi connectivity index (χ2v) is 4.04. The molecule has 5 nitrogen and oxygen atoms in total. The molecule has 2 aromatic rings. The van der Waals surface area contributed by atoms with Gasteiger partial charge in [0.05, 0.1) is 0 Å². The fraction of sp³-hybridized carbons (Fsp3) is 0. The Morgan fingerprint density at radius 2 is 1.53 bits per heavy atom. The van der Waals surface area contributed by atoms with Crippen LogP contribution in [0.15, 0.2) is 42.5 Å². The fourth-order valence-corrected chi connectivity index (χ4v) is 1.79. The van der Waals surface area contributed by atoms with Crippen molar-refractivity contribution < 1.29 is 14.7 Å². The first-order chi connectivity index (χ1) is 8.99. The number of hydrogen-bond acceptors (Lipinski definition) is 3. The van der Waals surface area contributed by atoms with Crippen molar-refractivity contribution in [2.75, 3.05) is 0 Å². The Labute approximate surface area is 109 Å².